The van der Waals surface area contributed by atoms with Crippen molar-refractivity contribution in [1.29, 1.82) is 0 Å². The second kappa shape index (κ2) is 124. The summed E-state index contributed by atoms with van der Waals surface area (Å²) >= 11 is 1.17. The van der Waals surface area contributed by atoms with Gasteiger partial charge in [-0.15, -0.1) is 0 Å². The van der Waals surface area contributed by atoms with Crippen molar-refractivity contribution in [1.82, 2.24) is 31.9 Å². The molecular weight excluding hydrogens is 1250 g/mol. The molecule has 0 amide bonds. The van der Waals surface area contributed by atoms with Crippen LogP contribution in [0.4, 0.5) is 0 Å². The number of halogens is 2. The first-order valence-corrected chi connectivity index (χ1v) is 27.9. The molecular formula is C24H82Cl2Eu2Ge2N18S6. The van der Waals surface area contributed by atoms with E-state index in [9.17, 15) is 0 Å². The molecule has 0 bridgehead atoms. The van der Waals surface area contributed by atoms with Crippen molar-refractivity contribution in [3.63, 3.8) is 0 Å². The third-order valence-electron chi connectivity index (χ3n) is 4.02. The van der Waals surface area contributed by atoms with E-state index in [2.05, 4.69) is 48.7 Å². The zero-order valence-electron chi connectivity index (χ0n) is 32.0. The van der Waals surface area contributed by atoms with Gasteiger partial charge >= 0.3 is 142 Å². The molecule has 0 saturated carbocycles. The Kier molecular flexibility index (Phi) is 227. The van der Waals surface area contributed by atoms with Gasteiger partial charge in [0.1, 0.15) is 0 Å². The fourth-order valence-corrected chi connectivity index (χ4v) is 12.1. The van der Waals surface area contributed by atoms with E-state index >= 15 is 0 Å². The third kappa shape index (κ3) is 163. The zero-order chi connectivity index (χ0) is 36.0. The van der Waals surface area contributed by atoms with Crippen molar-refractivity contribution in [3.8, 4) is 0 Å². The van der Waals surface area contributed by atoms with Crippen LogP contribution in [0, 0.1) is 98.8 Å². The number of nitrogens with two attached hydrogens (primary N) is 12. The number of thiol groups is 4. The Morgan fingerprint density at radius 2 is 0.333 bits per heavy atom. The summed E-state index contributed by atoms with van der Waals surface area (Å²) in [5.41, 5.74) is 62.0. The molecule has 0 aromatic rings. The second-order valence-electron chi connectivity index (χ2n) is 8.33. The first-order chi connectivity index (χ1) is 22.5. The maximum absolute atomic E-state index is 5.17. The molecule has 30 heteroatoms. The average Bonchev–Trinajstić information content (AvgIpc) is 3.04. The normalized spacial score (nSPS) is 9.11. The molecule has 1 aliphatic heterocycles. The summed E-state index contributed by atoms with van der Waals surface area (Å²) in [6.45, 7) is 18.8. The summed E-state index contributed by atoms with van der Waals surface area (Å²) in [4.78, 5) is 0. The van der Waals surface area contributed by atoms with Crippen LogP contribution in [-0.4, -0.2) is 183 Å². The summed E-state index contributed by atoms with van der Waals surface area (Å²) in [6.07, 6.45) is 0. The van der Waals surface area contributed by atoms with Gasteiger partial charge in [0.25, 0.3) is 0 Å². The van der Waals surface area contributed by atoms with E-state index in [1.165, 1.54) is 0 Å². The van der Waals surface area contributed by atoms with Gasteiger partial charge in [-0.3, -0.25) is 0 Å². The summed E-state index contributed by atoms with van der Waals surface area (Å²) < 4.78 is 0. The van der Waals surface area contributed by atoms with Gasteiger partial charge in [0.05, 0.1) is 0 Å². The monoisotopic (exact) mass is 1340 g/mol. The van der Waals surface area contributed by atoms with E-state index in [4.69, 9.17) is 68.8 Å². The Labute approximate surface area is 470 Å². The summed E-state index contributed by atoms with van der Waals surface area (Å²) in [7, 11) is 4.50. The molecule has 54 heavy (non-hydrogen) atoms. The number of hydrogen-bond donors (Lipinski definition) is 18. The molecule has 1 fully saturated rings. The molecule has 1 saturated heterocycles. The van der Waals surface area contributed by atoms with Gasteiger partial charge in [0.15, 0.2) is 0 Å². The SMILES string of the molecule is NCCNCCN.NCCNCCN.NCCNCCN.NCCNCCN.NCCNCCN.NCCNCCN.[Cl-].[Cl-].[Eu+3].[Eu+3].[SH-].[SH-].[SH-].[SH-].[S]1[Ge][S][Ge]1. The van der Waals surface area contributed by atoms with Crippen LogP contribution in [0.5, 0.6) is 0 Å². The topological polar surface area (TPSA) is 384 Å². The van der Waals surface area contributed by atoms with Crippen molar-refractivity contribution in [2.75, 3.05) is 157 Å². The summed E-state index contributed by atoms with van der Waals surface area (Å²) in [6, 6.07) is 0. The van der Waals surface area contributed by atoms with Crippen LogP contribution in [0.3, 0.4) is 0 Å². The van der Waals surface area contributed by atoms with Gasteiger partial charge in [0, 0.05) is 157 Å². The second-order valence-corrected chi connectivity index (χ2v) is 32.3. The molecule has 340 valence electrons. The molecule has 0 aromatic carbocycles. The molecule has 30 N–H and O–H groups in total. The van der Waals surface area contributed by atoms with Crippen LogP contribution in [-0.2, 0) is 54.0 Å². The van der Waals surface area contributed by atoms with Crippen molar-refractivity contribution in [2.45, 2.75) is 0 Å². The van der Waals surface area contributed by atoms with Gasteiger partial charge in [-0.25, -0.2) is 0 Å². The Morgan fingerprint density at radius 1 is 0.259 bits per heavy atom. The standard InChI is InChI=1S/6C4H13N3.2ClH.2Eu.Ge2S2.4H2S/c6*5-1-3-7-4-2-6;;;;;1-3-2-4-1;;;;/h6*7H,1-6H2;2*1H;;;;4*1H2/q;;;;;;;;2*+3;;;;;/p-6. The Morgan fingerprint density at radius 3 is 0.370 bits per heavy atom. The first-order valence-electron chi connectivity index (χ1n) is 16.0. The fourth-order valence-electron chi connectivity index (χ4n) is 2.02. The van der Waals surface area contributed by atoms with Crippen LogP contribution < -0.4 is 126 Å². The van der Waals surface area contributed by atoms with Gasteiger partial charge in [-0.2, -0.15) is 0 Å². The Balaban J connectivity index is -0.0000000282. The van der Waals surface area contributed by atoms with Crippen molar-refractivity contribution in [3.05, 3.63) is 0 Å². The maximum atomic E-state index is 5.17. The van der Waals surface area contributed by atoms with Crippen LogP contribution in [0.25, 0.3) is 0 Å². The van der Waals surface area contributed by atoms with E-state index < -0.39 is 0 Å². The van der Waals surface area contributed by atoms with Crippen LogP contribution in [0.1, 0.15) is 0 Å². The minimum absolute atomic E-state index is 0. The van der Waals surface area contributed by atoms with Gasteiger partial charge < -0.3 is 180 Å². The van der Waals surface area contributed by atoms with Gasteiger partial charge in [-0.1, -0.05) is 0 Å². The molecule has 18 nitrogen and oxygen atoms in total. The van der Waals surface area contributed by atoms with Crippen LogP contribution >= 0.6 is 16.8 Å². The molecule has 0 atom stereocenters. The molecule has 1 aliphatic rings. The molecule has 4 radical (unpaired) electrons. The average molecular weight is 1340 g/mol. The van der Waals surface area contributed by atoms with Gasteiger partial charge in [-0.05, 0) is 0 Å². The van der Waals surface area contributed by atoms with Crippen molar-refractivity contribution >= 4 is 97.1 Å². The van der Waals surface area contributed by atoms with Gasteiger partial charge in [0.2, 0.25) is 0 Å². The number of nitrogens with one attached hydrogen (secondary N) is 6. The molecule has 0 aliphatic carbocycles. The predicted molar refractivity (Wildman–Crippen MR) is 248 cm³/mol. The quantitative estimate of drug-likeness (QED) is 0.0185. The van der Waals surface area contributed by atoms with Crippen molar-refractivity contribution in [2.24, 2.45) is 68.8 Å². The third-order valence-corrected chi connectivity index (χ3v) is 44.4. The zero-order valence-corrected chi connectivity index (χ0v) is 47.8. The van der Waals surface area contributed by atoms with E-state index in [1.54, 1.807) is 0 Å². The Hall–Kier alpha value is 6.21. The minimum atomic E-state index is 0. The Bertz CT molecular complexity index is 341. The summed E-state index contributed by atoms with van der Waals surface area (Å²) in [5, 5.41) is 18.2. The molecule has 0 spiro atoms. The van der Waals surface area contributed by atoms with Crippen LogP contribution in [0.15, 0.2) is 0 Å². The first kappa shape index (κ1) is 98.9. The predicted octanol–water partition coefficient (Wildman–Crippen LogP) is -15.6. The molecule has 0 aromatic heterocycles. The van der Waals surface area contributed by atoms with E-state index in [0.29, 0.717) is 105 Å². The molecule has 1 heterocycles. The number of rotatable bonds is 24. The van der Waals surface area contributed by atoms with Crippen LogP contribution in [0.2, 0.25) is 0 Å². The molecule has 0 unspecified atom stereocenters. The van der Waals surface area contributed by atoms with Crippen molar-refractivity contribution < 1.29 is 124 Å². The fraction of sp³-hybridized carbons (Fsp3) is 1.00. The van der Waals surface area contributed by atoms with E-state index in [-0.39, 0.29) is 178 Å². The summed E-state index contributed by atoms with van der Waals surface area (Å²) in [5.74, 6) is 0. The van der Waals surface area contributed by atoms with E-state index in [1.807, 2.05) is 0 Å². The molecule has 1 rings (SSSR count). The number of hydrogen-bond acceptors (Lipinski definition) is 24. The van der Waals surface area contributed by atoms with E-state index in [0.717, 1.165) is 78.5 Å².